The van der Waals surface area contributed by atoms with Crippen LogP contribution in [0.4, 0.5) is 4.39 Å². The van der Waals surface area contributed by atoms with Crippen molar-refractivity contribution in [1.29, 1.82) is 0 Å². The van der Waals surface area contributed by atoms with Gasteiger partial charge in [-0.2, -0.15) is 5.10 Å². The molecule has 0 unspecified atom stereocenters. The van der Waals surface area contributed by atoms with Crippen LogP contribution >= 0.6 is 15.9 Å². The van der Waals surface area contributed by atoms with Gasteiger partial charge in [-0.3, -0.25) is 14.3 Å². The molecule has 0 spiro atoms. The summed E-state index contributed by atoms with van der Waals surface area (Å²) >= 11 is 3.42. The molecular formula is C24H23BrFN5O2. The third-order valence-corrected chi connectivity index (χ3v) is 6.73. The number of rotatable bonds is 5. The molecule has 0 aliphatic carbocycles. The van der Waals surface area contributed by atoms with E-state index in [1.165, 1.54) is 29.2 Å². The molecule has 0 amide bonds. The molecule has 1 N–H and O–H groups in total. The molecule has 7 nitrogen and oxygen atoms in total. The molecule has 1 aliphatic heterocycles. The van der Waals surface area contributed by atoms with Gasteiger partial charge in [0.05, 0.1) is 24.0 Å². The first kappa shape index (κ1) is 21.9. The number of fused-ring (bicyclic) bond motifs is 1. The van der Waals surface area contributed by atoms with Gasteiger partial charge < -0.3 is 5.11 Å². The third-order valence-electron chi connectivity index (χ3n) is 6.20. The second-order valence-corrected chi connectivity index (χ2v) is 9.49. The van der Waals surface area contributed by atoms with E-state index < -0.39 is 5.60 Å². The first-order valence-corrected chi connectivity index (χ1v) is 11.6. The zero-order chi connectivity index (χ0) is 23.0. The zero-order valence-electron chi connectivity index (χ0n) is 17.9. The van der Waals surface area contributed by atoms with E-state index in [9.17, 15) is 14.3 Å². The van der Waals surface area contributed by atoms with E-state index in [-0.39, 0.29) is 17.9 Å². The minimum absolute atomic E-state index is 0.183. The second kappa shape index (κ2) is 8.81. The Labute approximate surface area is 198 Å². The van der Waals surface area contributed by atoms with E-state index in [0.717, 1.165) is 15.7 Å². The van der Waals surface area contributed by atoms with Crippen LogP contribution in [0.3, 0.4) is 0 Å². The van der Waals surface area contributed by atoms with Gasteiger partial charge in [0.2, 0.25) is 0 Å². The standard InChI is InChI=1S/C24H23BrFN5O2/c25-18-3-7-20(8-4-18)31-22-21(13-28-31)23(32)30(16-27-22)15-24(33)9-11-29(12-10-24)14-17-1-5-19(26)6-2-17/h1-8,13,16,33H,9-12,14-15H2. The lowest BCUT2D eigenvalue weighted by atomic mass is 9.91. The Hall–Kier alpha value is -2.88. The van der Waals surface area contributed by atoms with Crippen molar-refractivity contribution >= 4 is 27.0 Å². The van der Waals surface area contributed by atoms with Crippen molar-refractivity contribution in [3.63, 3.8) is 0 Å². The van der Waals surface area contributed by atoms with Gasteiger partial charge in [0.25, 0.3) is 5.56 Å². The van der Waals surface area contributed by atoms with Gasteiger partial charge in [-0.05, 0) is 54.8 Å². The molecule has 170 valence electrons. The van der Waals surface area contributed by atoms with Gasteiger partial charge in [0, 0.05) is 24.1 Å². The predicted molar refractivity (Wildman–Crippen MR) is 127 cm³/mol. The third kappa shape index (κ3) is 4.62. The van der Waals surface area contributed by atoms with E-state index in [0.29, 0.717) is 43.5 Å². The summed E-state index contributed by atoms with van der Waals surface area (Å²) in [6, 6.07) is 14.1. The number of hydrogen-bond donors (Lipinski definition) is 1. The van der Waals surface area contributed by atoms with Crippen molar-refractivity contribution in [2.75, 3.05) is 13.1 Å². The number of aromatic nitrogens is 4. The fraction of sp³-hybridized carbons (Fsp3) is 0.292. The lowest BCUT2D eigenvalue weighted by Crippen LogP contribution is -2.47. The van der Waals surface area contributed by atoms with Crippen LogP contribution in [0.15, 0.2) is 70.3 Å². The average Bonchev–Trinajstić information content (AvgIpc) is 3.24. The molecular weight excluding hydrogens is 489 g/mol. The van der Waals surface area contributed by atoms with Crippen molar-refractivity contribution in [2.24, 2.45) is 0 Å². The molecule has 1 aliphatic rings. The van der Waals surface area contributed by atoms with Gasteiger partial charge in [-0.25, -0.2) is 14.1 Å². The maximum absolute atomic E-state index is 13.1. The van der Waals surface area contributed by atoms with Crippen LogP contribution < -0.4 is 5.56 Å². The summed E-state index contributed by atoms with van der Waals surface area (Å²) < 4.78 is 17.2. The topological polar surface area (TPSA) is 76.2 Å². The van der Waals surface area contributed by atoms with Crippen LogP contribution in [0.25, 0.3) is 16.7 Å². The normalized spacial score (nSPS) is 16.3. The van der Waals surface area contributed by atoms with Crippen LogP contribution in [0.5, 0.6) is 0 Å². The number of benzene rings is 2. The highest BCUT2D eigenvalue weighted by Crippen LogP contribution is 2.25. The van der Waals surface area contributed by atoms with Crippen molar-refractivity contribution in [1.82, 2.24) is 24.2 Å². The number of nitrogens with zero attached hydrogens (tertiary/aromatic N) is 5. The SMILES string of the molecule is O=c1c2cnn(-c3ccc(Br)cc3)c2ncn1CC1(O)CCN(Cc2ccc(F)cc2)CC1. The quantitative estimate of drug-likeness (QED) is 0.443. The molecule has 2 aromatic heterocycles. The first-order valence-electron chi connectivity index (χ1n) is 10.8. The number of piperidine rings is 1. The summed E-state index contributed by atoms with van der Waals surface area (Å²) in [4.78, 5) is 19.8. The lowest BCUT2D eigenvalue weighted by Gasteiger charge is -2.38. The Bertz CT molecular complexity index is 1330. The van der Waals surface area contributed by atoms with Crippen molar-refractivity contribution in [3.8, 4) is 5.69 Å². The Kier molecular flexibility index (Phi) is 5.86. The molecule has 0 atom stereocenters. The maximum atomic E-state index is 13.1. The van der Waals surface area contributed by atoms with Gasteiger partial charge in [-0.1, -0.05) is 28.1 Å². The Morgan fingerprint density at radius 1 is 1.06 bits per heavy atom. The minimum Gasteiger partial charge on any atom is -0.388 e. The Morgan fingerprint density at radius 2 is 1.76 bits per heavy atom. The molecule has 5 rings (SSSR count). The van der Waals surface area contributed by atoms with E-state index >= 15 is 0 Å². The molecule has 1 fully saturated rings. The molecule has 0 saturated carbocycles. The summed E-state index contributed by atoms with van der Waals surface area (Å²) in [5.41, 5.74) is 1.13. The summed E-state index contributed by atoms with van der Waals surface area (Å²) in [5.74, 6) is -0.245. The summed E-state index contributed by atoms with van der Waals surface area (Å²) in [7, 11) is 0. The van der Waals surface area contributed by atoms with Crippen molar-refractivity contribution in [2.45, 2.75) is 31.5 Å². The maximum Gasteiger partial charge on any atom is 0.264 e. The fourth-order valence-corrected chi connectivity index (χ4v) is 4.55. The smallest absolute Gasteiger partial charge is 0.264 e. The van der Waals surface area contributed by atoms with Gasteiger partial charge in [0.15, 0.2) is 5.65 Å². The first-order chi connectivity index (χ1) is 15.9. The zero-order valence-corrected chi connectivity index (χ0v) is 19.4. The number of halogens is 2. The van der Waals surface area contributed by atoms with Crippen molar-refractivity contribution < 1.29 is 9.50 Å². The van der Waals surface area contributed by atoms with Gasteiger partial charge in [0.1, 0.15) is 17.5 Å². The largest absolute Gasteiger partial charge is 0.388 e. The summed E-state index contributed by atoms with van der Waals surface area (Å²) in [6.45, 7) is 2.28. The number of aliphatic hydroxyl groups is 1. The predicted octanol–water partition coefficient (Wildman–Crippen LogP) is 3.51. The average molecular weight is 512 g/mol. The Morgan fingerprint density at radius 3 is 2.45 bits per heavy atom. The fourth-order valence-electron chi connectivity index (χ4n) is 4.28. The van der Waals surface area contributed by atoms with Crippen LogP contribution in [-0.4, -0.2) is 48.0 Å². The Balaban J connectivity index is 1.30. The highest BCUT2D eigenvalue weighted by atomic mass is 79.9. The molecule has 3 heterocycles. The summed E-state index contributed by atoms with van der Waals surface area (Å²) in [6.07, 6.45) is 4.09. The molecule has 9 heteroatoms. The molecule has 4 aromatic rings. The van der Waals surface area contributed by atoms with Crippen LogP contribution in [0.1, 0.15) is 18.4 Å². The molecule has 0 bridgehead atoms. The van der Waals surface area contributed by atoms with E-state index in [4.69, 9.17) is 0 Å². The second-order valence-electron chi connectivity index (χ2n) is 8.57. The van der Waals surface area contributed by atoms with Crippen LogP contribution in [-0.2, 0) is 13.1 Å². The number of hydrogen-bond acceptors (Lipinski definition) is 5. The molecule has 0 radical (unpaired) electrons. The monoisotopic (exact) mass is 511 g/mol. The van der Waals surface area contributed by atoms with Gasteiger partial charge >= 0.3 is 0 Å². The minimum atomic E-state index is -0.986. The lowest BCUT2D eigenvalue weighted by molar-refractivity contribution is -0.0364. The van der Waals surface area contributed by atoms with Crippen LogP contribution in [0, 0.1) is 5.82 Å². The van der Waals surface area contributed by atoms with Crippen molar-refractivity contribution in [3.05, 3.63) is 87.3 Å². The summed E-state index contributed by atoms with van der Waals surface area (Å²) in [5, 5.41) is 15.9. The highest BCUT2D eigenvalue weighted by Gasteiger charge is 2.33. The highest BCUT2D eigenvalue weighted by molar-refractivity contribution is 9.10. The molecule has 33 heavy (non-hydrogen) atoms. The van der Waals surface area contributed by atoms with Crippen LogP contribution in [0.2, 0.25) is 0 Å². The molecule has 2 aromatic carbocycles. The van der Waals surface area contributed by atoms with E-state index in [2.05, 4.69) is 30.9 Å². The van der Waals surface area contributed by atoms with E-state index in [1.807, 2.05) is 24.3 Å². The molecule has 1 saturated heterocycles. The van der Waals surface area contributed by atoms with E-state index in [1.54, 1.807) is 16.8 Å². The van der Waals surface area contributed by atoms with Gasteiger partial charge in [-0.15, -0.1) is 0 Å². The number of likely N-dealkylation sites (tertiary alicyclic amines) is 1.